The van der Waals surface area contributed by atoms with Crippen molar-refractivity contribution in [3.05, 3.63) is 35.6 Å². The van der Waals surface area contributed by atoms with Crippen LogP contribution in [0.25, 0.3) is 5.69 Å². The number of thioether (sulfide) groups is 1. The number of carboxylic acid groups (broad SMARTS) is 1. The van der Waals surface area contributed by atoms with Crippen LogP contribution in [0, 0.1) is 0 Å². The quantitative estimate of drug-likeness (QED) is 0.861. The van der Waals surface area contributed by atoms with Crippen LogP contribution in [0.1, 0.15) is 0 Å². The predicted molar refractivity (Wildman–Crippen MR) is 64.7 cm³/mol. The van der Waals surface area contributed by atoms with Crippen LogP contribution in [0.15, 0.2) is 35.7 Å². The second-order valence-electron chi connectivity index (χ2n) is 3.14. The third-order valence-electron chi connectivity index (χ3n) is 1.95. The zero-order valence-corrected chi connectivity index (χ0v) is 10.1. The number of aliphatic carboxylic acids is 1. The molecule has 2 rings (SSSR count). The smallest absolute Gasteiger partial charge is 0.313 e. The summed E-state index contributed by atoms with van der Waals surface area (Å²) in [5, 5.41) is 17.4. The van der Waals surface area contributed by atoms with Crippen LogP contribution in [0.4, 0.5) is 0 Å². The standard InChI is InChI=1S/C10H8ClN3O2S/c11-7-1-3-8(4-2-7)14-6-12-13-10(14)17-5-9(15)16/h1-4,6H,5H2,(H,15,16). The van der Waals surface area contributed by atoms with E-state index in [1.807, 2.05) is 12.1 Å². The van der Waals surface area contributed by atoms with Crippen molar-refractivity contribution >= 4 is 29.3 Å². The molecule has 17 heavy (non-hydrogen) atoms. The summed E-state index contributed by atoms with van der Waals surface area (Å²) >= 11 is 6.91. The summed E-state index contributed by atoms with van der Waals surface area (Å²) < 4.78 is 1.71. The highest BCUT2D eigenvalue weighted by molar-refractivity contribution is 7.99. The lowest BCUT2D eigenvalue weighted by Crippen LogP contribution is -2.01. The SMILES string of the molecule is O=C(O)CSc1nncn1-c1ccc(Cl)cc1. The van der Waals surface area contributed by atoms with E-state index < -0.39 is 5.97 Å². The molecular weight excluding hydrogens is 262 g/mol. The van der Waals surface area contributed by atoms with Crippen LogP contribution in [0.5, 0.6) is 0 Å². The highest BCUT2D eigenvalue weighted by Crippen LogP contribution is 2.20. The van der Waals surface area contributed by atoms with Gasteiger partial charge in [0.15, 0.2) is 5.16 Å². The molecule has 88 valence electrons. The Labute approximate surface area is 106 Å². The lowest BCUT2D eigenvalue weighted by Gasteiger charge is -2.04. The molecule has 0 saturated carbocycles. The molecule has 0 saturated heterocycles. The zero-order valence-electron chi connectivity index (χ0n) is 8.58. The molecule has 0 fully saturated rings. The number of nitrogens with zero attached hydrogens (tertiary/aromatic N) is 3. The Morgan fingerprint density at radius 2 is 2.12 bits per heavy atom. The van der Waals surface area contributed by atoms with Crippen molar-refractivity contribution in [1.29, 1.82) is 0 Å². The number of halogens is 1. The number of hydrogen-bond acceptors (Lipinski definition) is 4. The Morgan fingerprint density at radius 1 is 1.41 bits per heavy atom. The normalized spacial score (nSPS) is 10.4. The van der Waals surface area contributed by atoms with Crippen LogP contribution < -0.4 is 0 Å². The Hall–Kier alpha value is -1.53. The van der Waals surface area contributed by atoms with Gasteiger partial charge in [-0.1, -0.05) is 23.4 Å². The molecule has 0 amide bonds. The fourth-order valence-corrected chi connectivity index (χ4v) is 2.00. The minimum absolute atomic E-state index is 0.0493. The number of hydrogen-bond donors (Lipinski definition) is 1. The molecule has 1 aromatic heterocycles. The van der Waals surface area contributed by atoms with E-state index in [4.69, 9.17) is 16.7 Å². The highest BCUT2D eigenvalue weighted by Gasteiger charge is 2.08. The van der Waals surface area contributed by atoms with E-state index in [1.54, 1.807) is 16.7 Å². The van der Waals surface area contributed by atoms with Crippen molar-refractivity contribution < 1.29 is 9.90 Å². The Balaban J connectivity index is 2.24. The molecule has 7 heteroatoms. The molecule has 2 aromatic rings. The second-order valence-corrected chi connectivity index (χ2v) is 4.52. The summed E-state index contributed by atoms with van der Waals surface area (Å²) in [5.74, 6) is -0.938. The fourth-order valence-electron chi connectivity index (χ4n) is 1.23. The van der Waals surface area contributed by atoms with E-state index >= 15 is 0 Å². The van der Waals surface area contributed by atoms with E-state index in [2.05, 4.69) is 10.2 Å². The molecule has 0 unspecified atom stereocenters. The first-order valence-corrected chi connectivity index (χ1v) is 6.04. The Morgan fingerprint density at radius 3 is 2.76 bits per heavy atom. The Kier molecular flexibility index (Phi) is 3.65. The molecular formula is C10H8ClN3O2S. The Bertz CT molecular complexity index is 527. The van der Waals surface area contributed by atoms with E-state index in [9.17, 15) is 4.79 Å². The summed E-state index contributed by atoms with van der Waals surface area (Å²) in [6.45, 7) is 0. The number of benzene rings is 1. The molecule has 0 atom stereocenters. The zero-order chi connectivity index (χ0) is 12.3. The lowest BCUT2D eigenvalue weighted by atomic mass is 10.3. The number of aromatic nitrogens is 3. The second kappa shape index (κ2) is 5.20. The average Bonchev–Trinajstić information content (AvgIpc) is 2.75. The van der Waals surface area contributed by atoms with Gasteiger partial charge in [-0.15, -0.1) is 10.2 Å². The summed E-state index contributed by atoms with van der Waals surface area (Å²) in [6, 6.07) is 7.14. The summed E-state index contributed by atoms with van der Waals surface area (Å²) in [5.41, 5.74) is 0.840. The summed E-state index contributed by atoms with van der Waals surface area (Å²) in [4.78, 5) is 10.5. The largest absolute Gasteiger partial charge is 0.481 e. The first kappa shape index (κ1) is 11.9. The number of carboxylic acids is 1. The van der Waals surface area contributed by atoms with Gasteiger partial charge in [0.25, 0.3) is 0 Å². The van der Waals surface area contributed by atoms with Gasteiger partial charge >= 0.3 is 5.97 Å². The van der Waals surface area contributed by atoms with Crippen LogP contribution in [-0.4, -0.2) is 31.6 Å². The van der Waals surface area contributed by atoms with Gasteiger partial charge in [0, 0.05) is 10.7 Å². The predicted octanol–water partition coefficient (Wildman–Crippen LogP) is 2.10. The number of carbonyl (C=O) groups is 1. The first-order chi connectivity index (χ1) is 8.16. The van der Waals surface area contributed by atoms with Crippen LogP contribution in [0.2, 0.25) is 5.02 Å². The minimum Gasteiger partial charge on any atom is -0.481 e. The van der Waals surface area contributed by atoms with Crippen molar-refractivity contribution in [3.8, 4) is 5.69 Å². The third kappa shape index (κ3) is 2.98. The van der Waals surface area contributed by atoms with E-state index in [-0.39, 0.29) is 5.75 Å². The monoisotopic (exact) mass is 269 g/mol. The van der Waals surface area contributed by atoms with Gasteiger partial charge in [-0.3, -0.25) is 9.36 Å². The van der Waals surface area contributed by atoms with Crippen LogP contribution >= 0.6 is 23.4 Å². The third-order valence-corrected chi connectivity index (χ3v) is 3.13. The van der Waals surface area contributed by atoms with Gasteiger partial charge in [-0.05, 0) is 24.3 Å². The first-order valence-electron chi connectivity index (χ1n) is 4.67. The topological polar surface area (TPSA) is 68.0 Å². The van der Waals surface area contributed by atoms with Crippen LogP contribution in [0.3, 0.4) is 0 Å². The maximum Gasteiger partial charge on any atom is 0.313 e. The van der Waals surface area contributed by atoms with Crippen LogP contribution in [-0.2, 0) is 4.79 Å². The molecule has 1 heterocycles. The van der Waals surface area contributed by atoms with Gasteiger partial charge in [-0.2, -0.15) is 0 Å². The molecule has 0 radical (unpaired) electrons. The van der Waals surface area contributed by atoms with Gasteiger partial charge in [0.2, 0.25) is 0 Å². The minimum atomic E-state index is -0.888. The van der Waals surface area contributed by atoms with E-state index in [0.29, 0.717) is 10.2 Å². The van der Waals surface area contributed by atoms with Gasteiger partial charge < -0.3 is 5.11 Å². The van der Waals surface area contributed by atoms with Crippen molar-refractivity contribution in [2.24, 2.45) is 0 Å². The van der Waals surface area contributed by atoms with Gasteiger partial charge in [0.1, 0.15) is 6.33 Å². The molecule has 1 aromatic carbocycles. The maximum absolute atomic E-state index is 10.5. The summed E-state index contributed by atoms with van der Waals surface area (Å²) in [7, 11) is 0. The van der Waals surface area contributed by atoms with E-state index in [0.717, 1.165) is 17.4 Å². The highest BCUT2D eigenvalue weighted by atomic mass is 35.5. The molecule has 0 spiro atoms. The molecule has 0 aliphatic rings. The van der Waals surface area contributed by atoms with Gasteiger partial charge in [-0.25, -0.2) is 0 Å². The van der Waals surface area contributed by atoms with Gasteiger partial charge in [0.05, 0.1) is 5.75 Å². The summed E-state index contributed by atoms with van der Waals surface area (Å²) in [6.07, 6.45) is 1.54. The molecule has 0 aliphatic heterocycles. The average molecular weight is 270 g/mol. The van der Waals surface area contributed by atoms with E-state index in [1.165, 1.54) is 6.33 Å². The maximum atomic E-state index is 10.5. The van der Waals surface area contributed by atoms with Crippen molar-refractivity contribution in [1.82, 2.24) is 14.8 Å². The molecule has 0 bridgehead atoms. The van der Waals surface area contributed by atoms with Crippen molar-refractivity contribution in [3.63, 3.8) is 0 Å². The molecule has 0 aliphatic carbocycles. The van der Waals surface area contributed by atoms with Crippen molar-refractivity contribution in [2.75, 3.05) is 5.75 Å². The van der Waals surface area contributed by atoms with Crippen molar-refractivity contribution in [2.45, 2.75) is 5.16 Å². The molecule has 1 N–H and O–H groups in total. The lowest BCUT2D eigenvalue weighted by molar-refractivity contribution is -0.133. The molecule has 5 nitrogen and oxygen atoms in total. The fraction of sp³-hybridized carbons (Fsp3) is 0.100. The number of rotatable bonds is 4.